The number of hydrogen-bond donors (Lipinski definition) is 2. The van der Waals surface area contributed by atoms with E-state index in [9.17, 15) is 22.8 Å². The molecule has 0 saturated carbocycles. The molecular formula is C20H22N4O5S2. The summed E-state index contributed by atoms with van der Waals surface area (Å²) in [5.41, 5.74) is 0.734. The van der Waals surface area contributed by atoms with Gasteiger partial charge in [0.2, 0.25) is 15.9 Å². The topological polar surface area (TPSA) is 116 Å². The minimum atomic E-state index is -3.83. The molecule has 0 aliphatic carbocycles. The summed E-state index contributed by atoms with van der Waals surface area (Å²) in [4.78, 5) is 38.2. The number of sulfonamides is 1. The molecule has 0 atom stereocenters. The predicted molar refractivity (Wildman–Crippen MR) is 118 cm³/mol. The highest BCUT2D eigenvalue weighted by Gasteiger charge is 2.29. The number of nitrogens with one attached hydrogen (secondary N) is 2. The summed E-state index contributed by atoms with van der Waals surface area (Å²) in [6.45, 7) is 0.216. The standard InChI is InChI=1S/C20H22N4O5S2/c1-23(2)20(27)30-17-6-4-3-5-16(17)22-19(26)14-7-9-15(10-8-14)31(28,29)24-12-11-21-18(25)13-24/h3-10H,11-13H2,1-2H3,(H,21,25)(H,22,26). The van der Waals surface area contributed by atoms with Crippen LogP contribution in [0, 0.1) is 0 Å². The molecule has 1 fully saturated rings. The second kappa shape index (κ2) is 9.50. The summed E-state index contributed by atoms with van der Waals surface area (Å²) in [5, 5.41) is 5.16. The Morgan fingerprint density at radius 2 is 1.77 bits per heavy atom. The van der Waals surface area contributed by atoms with Crippen molar-refractivity contribution in [3.05, 3.63) is 54.1 Å². The van der Waals surface area contributed by atoms with E-state index in [-0.39, 0.29) is 41.2 Å². The smallest absolute Gasteiger partial charge is 0.286 e. The van der Waals surface area contributed by atoms with Crippen molar-refractivity contribution in [1.29, 1.82) is 0 Å². The number of amides is 3. The first kappa shape index (κ1) is 22.8. The normalized spacial score (nSPS) is 14.6. The van der Waals surface area contributed by atoms with Gasteiger partial charge in [0.1, 0.15) is 0 Å². The zero-order valence-corrected chi connectivity index (χ0v) is 18.6. The first-order valence-corrected chi connectivity index (χ1v) is 11.6. The maximum Gasteiger partial charge on any atom is 0.286 e. The fourth-order valence-electron chi connectivity index (χ4n) is 2.79. The Bertz CT molecular complexity index is 1100. The second-order valence-electron chi connectivity index (χ2n) is 6.93. The Labute approximate surface area is 184 Å². The van der Waals surface area contributed by atoms with E-state index < -0.39 is 15.9 Å². The zero-order valence-electron chi connectivity index (χ0n) is 17.0. The number of piperazine rings is 1. The van der Waals surface area contributed by atoms with Crippen molar-refractivity contribution in [3.63, 3.8) is 0 Å². The van der Waals surface area contributed by atoms with Gasteiger partial charge >= 0.3 is 0 Å². The Morgan fingerprint density at radius 3 is 2.42 bits per heavy atom. The summed E-state index contributed by atoms with van der Waals surface area (Å²) in [6.07, 6.45) is 0. The molecule has 2 aromatic rings. The van der Waals surface area contributed by atoms with Gasteiger partial charge in [0.15, 0.2) is 0 Å². The van der Waals surface area contributed by atoms with E-state index in [2.05, 4.69) is 10.6 Å². The molecule has 31 heavy (non-hydrogen) atoms. The van der Waals surface area contributed by atoms with Crippen molar-refractivity contribution in [3.8, 4) is 0 Å². The van der Waals surface area contributed by atoms with Crippen LogP contribution in [0.2, 0.25) is 0 Å². The lowest BCUT2D eigenvalue weighted by molar-refractivity contribution is -0.122. The summed E-state index contributed by atoms with van der Waals surface area (Å²) >= 11 is 0.992. The molecule has 0 radical (unpaired) electrons. The summed E-state index contributed by atoms with van der Waals surface area (Å²) < 4.78 is 26.5. The third-order valence-electron chi connectivity index (χ3n) is 4.46. The third-order valence-corrected chi connectivity index (χ3v) is 7.43. The van der Waals surface area contributed by atoms with Crippen molar-refractivity contribution >= 4 is 44.5 Å². The van der Waals surface area contributed by atoms with Gasteiger partial charge < -0.3 is 15.5 Å². The maximum absolute atomic E-state index is 12.7. The van der Waals surface area contributed by atoms with Crippen molar-refractivity contribution in [1.82, 2.24) is 14.5 Å². The van der Waals surface area contributed by atoms with Crippen LogP contribution in [0.15, 0.2) is 58.3 Å². The Morgan fingerprint density at radius 1 is 1.10 bits per heavy atom. The quantitative estimate of drug-likeness (QED) is 0.655. The number of hydrogen-bond acceptors (Lipinski definition) is 6. The molecule has 11 heteroatoms. The maximum atomic E-state index is 12.7. The van der Waals surface area contributed by atoms with E-state index in [4.69, 9.17) is 0 Å². The van der Waals surface area contributed by atoms with Gasteiger partial charge in [-0.05, 0) is 48.2 Å². The predicted octanol–water partition coefficient (Wildman–Crippen LogP) is 1.83. The highest BCUT2D eigenvalue weighted by molar-refractivity contribution is 8.13. The molecule has 0 aromatic heterocycles. The summed E-state index contributed by atoms with van der Waals surface area (Å²) in [5.74, 6) is -0.790. The van der Waals surface area contributed by atoms with Gasteiger partial charge in [-0.2, -0.15) is 4.31 Å². The SMILES string of the molecule is CN(C)C(=O)Sc1ccccc1NC(=O)c1ccc(S(=O)(=O)N2CCNC(=O)C2)cc1. The Hall–Kier alpha value is -2.89. The first-order chi connectivity index (χ1) is 14.7. The van der Waals surface area contributed by atoms with Crippen molar-refractivity contribution in [2.75, 3.05) is 39.0 Å². The van der Waals surface area contributed by atoms with Gasteiger partial charge in [-0.3, -0.25) is 14.4 Å². The van der Waals surface area contributed by atoms with Crippen molar-refractivity contribution in [2.45, 2.75) is 9.79 Å². The molecule has 1 aliphatic rings. The number of nitrogens with zero attached hydrogens (tertiary/aromatic N) is 2. The molecule has 3 rings (SSSR count). The minimum Gasteiger partial charge on any atom is -0.354 e. The van der Waals surface area contributed by atoms with E-state index in [1.807, 2.05) is 0 Å². The molecule has 2 N–H and O–H groups in total. The number of anilines is 1. The molecule has 0 bridgehead atoms. The number of carbonyl (C=O) groups is 3. The first-order valence-electron chi connectivity index (χ1n) is 9.35. The Balaban J connectivity index is 1.74. The molecule has 1 heterocycles. The summed E-state index contributed by atoms with van der Waals surface area (Å²) in [6, 6.07) is 12.4. The van der Waals surface area contributed by atoms with Gasteiger partial charge in [0.05, 0.1) is 17.1 Å². The average molecular weight is 463 g/mol. The van der Waals surface area contributed by atoms with Crippen LogP contribution >= 0.6 is 11.8 Å². The van der Waals surface area contributed by atoms with Gasteiger partial charge in [-0.15, -0.1) is 0 Å². The van der Waals surface area contributed by atoms with Gasteiger partial charge in [0.25, 0.3) is 11.1 Å². The number of para-hydroxylation sites is 1. The van der Waals surface area contributed by atoms with E-state index in [0.717, 1.165) is 16.1 Å². The van der Waals surface area contributed by atoms with Crippen LogP contribution in [0.1, 0.15) is 10.4 Å². The van der Waals surface area contributed by atoms with Crippen LogP contribution in [0.5, 0.6) is 0 Å². The molecule has 3 amide bonds. The number of thioether (sulfide) groups is 1. The van der Waals surface area contributed by atoms with E-state index in [0.29, 0.717) is 10.6 Å². The van der Waals surface area contributed by atoms with E-state index >= 15 is 0 Å². The lowest BCUT2D eigenvalue weighted by atomic mass is 10.2. The van der Waals surface area contributed by atoms with Crippen LogP contribution in [-0.4, -0.2) is 68.4 Å². The average Bonchev–Trinajstić information content (AvgIpc) is 2.75. The molecule has 2 aromatic carbocycles. The van der Waals surface area contributed by atoms with Crippen LogP contribution in [0.4, 0.5) is 10.5 Å². The molecule has 9 nitrogen and oxygen atoms in total. The van der Waals surface area contributed by atoms with Crippen LogP contribution in [-0.2, 0) is 14.8 Å². The molecule has 0 spiro atoms. The van der Waals surface area contributed by atoms with Gasteiger partial charge in [-0.1, -0.05) is 12.1 Å². The molecular weight excluding hydrogens is 440 g/mol. The van der Waals surface area contributed by atoms with E-state index in [1.165, 1.54) is 29.2 Å². The van der Waals surface area contributed by atoms with Crippen LogP contribution < -0.4 is 10.6 Å². The highest BCUT2D eigenvalue weighted by Crippen LogP contribution is 2.29. The lowest BCUT2D eigenvalue weighted by Crippen LogP contribution is -2.49. The fourth-order valence-corrected chi connectivity index (χ4v) is 4.93. The Kier molecular flexibility index (Phi) is 6.98. The van der Waals surface area contributed by atoms with E-state index in [1.54, 1.807) is 38.4 Å². The third kappa shape index (κ3) is 5.43. The number of carbonyl (C=O) groups excluding carboxylic acids is 3. The van der Waals surface area contributed by atoms with Crippen molar-refractivity contribution in [2.24, 2.45) is 0 Å². The monoisotopic (exact) mass is 462 g/mol. The molecule has 1 aliphatic heterocycles. The summed E-state index contributed by atoms with van der Waals surface area (Å²) in [7, 11) is -0.547. The fraction of sp³-hybridized carbons (Fsp3) is 0.250. The van der Waals surface area contributed by atoms with Gasteiger partial charge in [0, 0.05) is 37.6 Å². The van der Waals surface area contributed by atoms with Crippen LogP contribution in [0.3, 0.4) is 0 Å². The molecule has 164 valence electrons. The van der Waals surface area contributed by atoms with Crippen molar-refractivity contribution < 1.29 is 22.8 Å². The van der Waals surface area contributed by atoms with Gasteiger partial charge in [-0.25, -0.2) is 8.42 Å². The zero-order chi connectivity index (χ0) is 22.6. The molecule has 0 unspecified atom stereocenters. The number of rotatable bonds is 5. The van der Waals surface area contributed by atoms with Crippen LogP contribution in [0.25, 0.3) is 0 Å². The highest BCUT2D eigenvalue weighted by atomic mass is 32.2. The lowest BCUT2D eigenvalue weighted by Gasteiger charge is -2.25. The number of benzene rings is 2. The minimum absolute atomic E-state index is 0.00582. The largest absolute Gasteiger partial charge is 0.354 e. The molecule has 1 saturated heterocycles. The second-order valence-corrected chi connectivity index (χ2v) is 9.86.